The van der Waals surface area contributed by atoms with E-state index in [4.69, 9.17) is 0 Å². The maximum Gasteiger partial charge on any atom is 0.241 e. The molecule has 0 spiro atoms. The van der Waals surface area contributed by atoms with Gasteiger partial charge in [0.15, 0.2) is 0 Å². The quantitative estimate of drug-likeness (QED) is 0.848. The fraction of sp³-hybridized carbons (Fsp3) is 0.714. The summed E-state index contributed by atoms with van der Waals surface area (Å²) in [6.45, 7) is 8.64. The van der Waals surface area contributed by atoms with E-state index in [9.17, 15) is 8.42 Å². The number of nitrogens with one attached hydrogen (secondary N) is 2. The largest absolute Gasteiger partial charge is 0.309 e. The lowest BCUT2D eigenvalue weighted by Gasteiger charge is -2.27. The standard InChI is InChI=1S/C14H24N2O2S2/c1-10(14(2,3)4)16-20(17,18)13-7-8-19-12(13)9-15-11-5-6-11/h7-8,10-11,15-16H,5-6,9H2,1-4H3. The van der Waals surface area contributed by atoms with Crippen LogP contribution >= 0.6 is 11.3 Å². The molecule has 0 aliphatic heterocycles. The third-order valence-electron chi connectivity index (χ3n) is 3.75. The summed E-state index contributed by atoms with van der Waals surface area (Å²) in [5.41, 5.74) is -0.102. The van der Waals surface area contributed by atoms with Crippen molar-refractivity contribution in [3.8, 4) is 0 Å². The van der Waals surface area contributed by atoms with Crippen LogP contribution < -0.4 is 10.0 Å². The van der Waals surface area contributed by atoms with Crippen LogP contribution in [0.3, 0.4) is 0 Å². The van der Waals surface area contributed by atoms with Crippen LogP contribution in [0.5, 0.6) is 0 Å². The fourth-order valence-electron chi connectivity index (χ4n) is 1.69. The van der Waals surface area contributed by atoms with E-state index >= 15 is 0 Å². The zero-order chi connectivity index (χ0) is 15.0. The van der Waals surface area contributed by atoms with Crippen LogP contribution in [0.1, 0.15) is 45.4 Å². The van der Waals surface area contributed by atoms with Crippen molar-refractivity contribution in [2.75, 3.05) is 0 Å². The van der Waals surface area contributed by atoms with Crippen molar-refractivity contribution in [2.24, 2.45) is 5.41 Å². The van der Waals surface area contributed by atoms with Gasteiger partial charge in [0.05, 0.1) is 4.90 Å². The molecule has 0 bridgehead atoms. The Morgan fingerprint density at radius 3 is 2.60 bits per heavy atom. The number of hydrogen-bond acceptors (Lipinski definition) is 4. The van der Waals surface area contributed by atoms with Crippen molar-refractivity contribution < 1.29 is 8.42 Å². The topological polar surface area (TPSA) is 58.2 Å². The Labute approximate surface area is 126 Å². The Hall–Kier alpha value is -0.430. The second-order valence-electron chi connectivity index (χ2n) is 6.57. The SMILES string of the molecule is CC(NS(=O)(=O)c1ccsc1CNC1CC1)C(C)(C)C. The summed E-state index contributed by atoms with van der Waals surface area (Å²) in [6, 6.07) is 2.16. The van der Waals surface area contributed by atoms with Gasteiger partial charge in [-0.2, -0.15) is 0 Å². The number of sulfonamides is 1. The number of hydrogen-bond donors (Lipinski definition) is 2. The smallest absolute Gasteiger partial charge is 0.241 e. The molecule has 0 amide bonds. The van der Waals surface area contributed by atoms with Gasteiger partial charge < -0.3 is 5.32 Å². The van der Waals surface area contributed by atoms with Crippen LogP contribution in [0, 0.1) is 5.41 Å². The third kappa shape index (κ3) is 4.04. The lowest BCUT2D eigenvalue weighted by molar-refractivity contribution is 0.317. The zero-order valence-corrected chi connectivity index (χ0v) is 14.2. The first-order valence-electron chi connectivity index (χ1n) is 7.02. The van der Waals surface area contributed by atoms with Crippen LogP contribution in [-0.2, 0) is 16.6 Å². The molecular formula is C14H24N2O2S2. The summed E-state index contributed by atoms with van der Waals surface area (Å²) in [5.74, 6) is 0. The molecule has 4 nitrogen and oxygen atoms in total. The highest BCUT2D eigenvalue weighted by Crippen LogP contribution is 2.26. The van der Waals surface area contributed by atoms with E-state index in [0.29, 0.717) is 17.5 Å². The first-order chi connectivity index (χ1) is 9.20. The third-order valence-corrected chi connectivity index (χ3v) is 6.43. The molecule has 1 aromatic rings. The monoisotopic (exact) mass is 316 g/mol. The highest BCUT2D eigenvalue weighted by Gasteiger charge is 2.28. The lowest BCUT2D eigenvalue weighted by atomic mass is 9.89. The van der Waals surface area contributed by atoms with Gasteiger partial charge >= 0.3 is 0 Å². The molecule has 114 valence electrons. The molecule has 6 heteroatoms. The van der Waals surface area contributed by atoms with E-state index in [-0.39, 0.29) is 11.5 Å². The van der Waals surface area contributed by atoms with Crippen molar-refractivity contribution in [2.45, 2.75) is 64.1 Å². The molecule has 0 aromatic carbocycles. The Balaban J connectivity index is 2.10. The van der Waals surface area contributed by atoms with Gasteiger partial charge in [-0.1, -0.05) is 20.8 Å². The predicted octanol–water partition coefficient (Wildman–Crippen LogP) is 2.71. The van der Waals surface area contributed by atoms with Crippen LogP contribution in [0.25, 0.3) is 0 Å². The van der Waals surface area contributed by atoms with Crippen LogP contribution in [0.15, 0.2) is 16.3 Å². The average molecular weight is 316 g/mol. The predicted molar refractivity (Wildman–Crippen MR) is 83.4 cm³/mol. The molecule has 2 rings (SSSR count). The molecule has 1 heterocycles. The molecule has 20 heavy (non-hydrogen) atoms. The molecule has 0 radical (unpaired) electrons. The fourth-order valence-corrected chi connectivity index (χ4v) is 4.54. The average Bonchev–Trinajstić information content (AvgIpc) is 3.01. The molecular weight excluding hydrogens is 292 g/mol. The Morgan fingerprint density at radius 2 is 2.05 bits per heavy atom. The maximum absolute atomic E-state index is 12.5. The number of thiophene rings is 1. The van der Waals surface area contributed by atoms with Crippen molar-refractivity contribution in [3.05, 3.63) is 16.3 Å². The molecule has 0 saturated heterocycles. The van der Waals surface area contributed by atoms with Crippen LogP contribution in [-0.4, -0.2) is 20.5 Å². The Bertz CT molecular complexity index is 554. The molecule has 1 atom stereocenters. The minimum Gasteiger partial charge on any atom is -0.309 e. The summed E-state index contributed by atoms with van der Waals surface area (Å²) in [5, 5.41) is 5.22. The minimum absolute atomic E-state index is 0.102. The van der Waals surface area contributed by atoms with E-state index < -0.39 is 10.0 Å². The van der Waals surface area contributed by atoms with E-state index in [2.05, 4.69) is 10.0 Å². The summed E-state index contributed by atoms with van der Waals surface area (Å²) in [7, 11) is -3.44. The van der Waals surface area contributed by atoms with E-state index in [0.717, 1.165) is 4.88 Å². The van der Waals surface area contributed by atoms with Gasteiger partial charge in [-0.25, -0.2) is 13.1 Å². The molecule has 1 aliphatic carbocycles. The highest BCUT2D eigenvalue weighted by molar-refractivity contribution is 7.89. The molecule has 2 N–H and O–H groups in total. The summed E-state index contributed by atoms with van der Waals surface area (Å²) >= 11 is 1.50. The van der Waals surface area contributed by atoms with Gasteiger partial charge in [-0.3, -0.25) is 0 Å². The van der Waals surface area contributed by atoms with E-state index in [1.54, 1.807) is 6.07 Å². The summed E-state index contributed by atoms with van der Waals surface area (Å²) < 4.78 is 27.8. The first kappa shape index (κ1) is 15.9. The Kier molecular flexibility index (Phi) is 4.59. The van der Waals surface area contributed by atoms with E-state index in [1.165, 1.54) is 24.2 Å². The first-order valence-corrected chi connectivity index (χ1v) is 9.38. The normalized spacial score (nSPS) is 18.2. The van der Waals surface area contributed by atoms with Crippen molar-refractivity contribution in [3.63, 3.8) is 0 Å². The second-order valence-corrected chi connectivity index (χ2v) is 9.26. The molecule has 1 saturated carbocycles. The van der Waals surface area contributed by atoms with Crippen molar-refractivity contribution in [1.82, 2.24) is 10.0 Å². The minimum atomic E-state index is -3.44. The lowest BCUT2D eigenvalue weighted by Crippen LogP contribution is -2.41. The van der Waals surface area contributed by atoms with Gasteiger partial charge in [0.25, 0.3) is 0 Å². The van der Waals surface area contributed by atoms with Gasteiger partial charge in [0.1, 0.15) is 0 Å². The number of rotatable bonds is 6. The van der Waals surface area contributed by atoms with Gasteiger partial charge in [0.2, 0.25) is 10.0 Å². The molecule has 1 aromatic heterocycles. The zero-order valence-electron chi connectivity index (χ0n) is 12.6. The molecule has 1 aliphatic rings. The second kappa shape index (κ2) is 5.75. The van der Waals surface area contributed by atoms with Crippen molar-refractivity contribution >= 4 is 21.4 Å². The summed E-state index contributed by atoms with van der Waals surface area (Å²) in [6.07, 6.45) is 2.40. The molecule has 1 fully saturated rings. The van der Waals surface area contributed by atoms with Crippen LogP contribution in [0.2, 0.25) is 0 Å². The van der Waals surface area contributed by atoms with Gasteiger partial charge in [-0.15, -0.1) is 11.3 Å². The van der Waals surface area contributed by atoms with Crippen LogP contribution in [0.4, 0.5) is 0 Å². The summed E-state index contributed by atoms with van der Waals surface area (Å²) in [4.78, 5) is 1.32. The van der Waals surface area contributed by atoms with E-state index in [1.807, 2.05) is 33.1 Å². The highest BCUT2D eigenvalue weighted by atomic mass is 32.2. The Morgan fingerprint density at radius 1 is 1.40 bits per heavy atom. The van der Waals surface area contributed by atoms with Crippen molar-refractivity contribution in [1.29, 1.82) is 0 Å². The maximum atomic E-state index is 12.5. The van der Waals surface area contributed by atoms with Gasteiger partial charge in [-0.05, 0) is 36.6 Å². The van der Waals surface area contributed by atoms with Gasteiger partial charge in [0, 0.05) is 23.5 Å². The molecule has 1 unspecified atom stereocenters.